The fourth-order valence-electron chi connectivity index (χ4n) is 2.31. The number of ketones is 1. The van der Waals surface area contributed by atoms with E-state index in [0.29, 0.717) is 24.2 Å². The second-order valence-corrected chi connectivity index (χ2v) is 4.01. The third-order valence-electron chi connectivity index (χ3n) is 3.16. The van der Waals surface area contributed by atoms with Gasteiger partial charge in [0, 0.05) is 24.7 Å². The second kappa shape index (κ2) is 3.01. The minimum absolute atomic E-state index is 0.0649. The maximum Gasteiger partial charge on any atom is 0.243 e. The number of hydrogen-bond acceptors (Lipinski definition) is 3. The molecule has 1 unspecified atom stereocenters. The van der Waals surface area contributed by atoms with Gasteiger partial charge in [0.2, 0.25) is 5.91 Å². The van der Waals surface area contributed by atoms with Crippen LogP contribution in [0.3, 0.4) is 0 Å². The maximum atomic E-state index is 12.0. The number of piperidine rings is 1. The highest BCUT2D eigenvalue weighted by Crippen LogP contribution is 2.39. The van der Waals surface area contributed by atoms with E-state index in [1.54, 1.807) is 6.07 Å². The van der Waals surface area contributed by atoms with E-state index in [1.165, 1.54) is 6.21 Å². The van der Waals surface area contributed by atoms with Crippen molar-refractivity contribution in [2.45, 2.75) is 11.8 Å². The SMILES string of the molecule is O=C1CCNC(=O)C12C=Nc1ccccc12. The average Bonchev–Trinajstić information content (AvgIpc) is 2.67. The van der Waals surface area contributed by atoms with E-state index >= 15 is 0 Å². The Morgan fingerprint density at radius 3 is 2.88 bits per heavy atom. The minimum atomic E-state index is -1.16. The number of rotatable bonds is 0. The Morgan fingerprint density at radius 1 is 1.25 bits per heavy atom. The number of para-hydroxylation sites is 1. The molecule has 2 aliphatic heterocycles. The highest BCUT2D eigenvalue weighted by molar-refractivity contribution is 6.28. The fraction of sp³-hybridized carbons (Fsp3) is 0.250. The summed E-state index contributed by atoms with van der Waals surface area (Å²) in [5.74, 6) is -0.317. The van der Waals surface area contributed by atoms with E-state index in [0.717, 1.165) is 0 Å². The first-order valence-corrected chi connectivity index (χ1v) is 5.21. The molecule has 1 spiro atoms. The maximum absolute atomic E-state index is 12.0. The molecule has 80 valence electrons. The second-order valence-electron chi connectivity index (χ2n) is 4.01. The number of nitrogens with one attached hydrogen (secondary N) is 1. The summed E-state index contributed by atoms with van der Waals surface area (Å²) >= 11 is 0. The van der Waals surface area contributed by atoms with Gasteiger partial charge in [0.1, 0.15) is 0 Å². The Labute approximate surface area is 92.4 Å². The van der Waals surface area contributed by atoms with Crippen LogP contribution in [-0.4, -0.2) is 24.4 Å². The standard InChI is InChI=1S/C12H10N2O2/c15-10-5-6-13-11(16)12(10)7-14-9-4-2-1-3-8(9)12/h1-4,7H,5-6H2,(H,13,16). The predicted molar refractivity (Wildman–Crippen MR) is 58.9 cm³/mol. The molecule has 1 N–H and O–H groups in total. The first-order chi connectivity index (χ1) is 7.75. The normalized spacial score (nSPS) is 27.0. The lowest BCUT2D eigenvalue weighted by Crippen LogP contribution is -2.55. The lowest BCUT2D eigenvalue weighted by molar-refractivity contribution is -0.135. The van der Waals surface area contributed by atoms with Gasteiger partial charge in [0.05, 0.1) is 5.69 Å². The summed E-state index contributed by atoms with van der Waals surface area (Å²) in [5.41, 5.74) is 0.263. The Kier molecular flexibility index (Phi) is 1.74. The highest BCUT2D eigenvalue weighted by atomic mass is 16.2. The van der Waals surface area contributed by atoms with Gasteiger partial charge in [0.25, 0.3) is 0 Å². The summed E-state index contributed by atoms with van der Waals surface area (Å²) in [6.45, 7) is 0.426. The van der Waals surface area contributed by atoms with Crippen molar-refractivity contribution in [3.8, 4) is 0 Å². The van der Waals surface area contributed by atoms with Crippen molar-refractivity contribution >= 4 is 23.6 Å². The molecule has 1 atom stereocenters. The Morgan fingerprint density at radius 2 is 2.06 bits per heavy atom. The van der Waals surface area contributed by atoms with Crippen LogP contribution in [0, 0.1) is 0 Å². The van der Waals surface area contributed by atoms with Crippen molar-refractivity contribution in [1.29, 1.82) is 0 Å². The predicted octanol–water partition coefficient (Wildman–Crippen LogP) is 0.729. The number of Topliss-reactive ketones (excluding diaryl/α,β-unsaturated/α-hetero) is 1. The molecule has 0 aliphatic carbocycles. The molecular formula is C12H10N2O2. The first-order valence-electron chi connectivity index (χ1n) is 5.21. The van der Waals surface area contributed by atoms with Crippen molar-refractivity contribution in [3.05, 3.63) is 29.8 Å². The molecule has 0 saturated carbocycles. The summed E-state index contributed by atoms with van der Waals surface area (Å²) in [4.78, 5) is 28.2. The van der Waals surface area contributed by atoms with Crippen LogP contribution in [0.25, 0.3) is 0 Å². The van der Waals surface area contributed by atoms with Crippen molar-refractivity contribution in [2.75, 3.05) is 6.54 Å². The third kappa shape index (κ3) is 0.961. The summed E-state index contributed by atoms with van der Waals surface area (Å²) < 4.78 is 0. The van der Waals surface area contributed by atoms with Gasteiger partial charge in [-0.1, -0.05) is 18.2 Å². The summed E-state index contributed by atoms with van der Waals surface area (Å²) in [5, 5.41) is 2.74. The van der Waals surface area contributed by atoms with E-state index in [1.807, 2.05) is 18.2 Å². The topological polar surface area (TPSA) is 58.5 Å². The molecule has 1 fully saturated rings. The van der Waals surface area contributed by atoms with E-state index in [-0.39, 0.29) is 11.7 Å². The van der Waals surface area contributed by atoms with Crippen molar-refractivity contribution in [1.82, 2.24) is 5.32 Å². The van der Waals surface area contributed by atoms with Gasteiger partial charge in [-0.3, -0.25) is 14.6 Å². The highest BCUT2D eigenvalue weighted by Gasteiger charge is 2.51. The van der Waals surface area contributed by atoms with Gasteiger partial charge in [-0.05, 0) is 6.07 Å². The number of carbonyl (C=O) groups is 2. The lowest BCUT2D eigenvalue weighted by atomic mass is 9.75. The zero-order valence-electron chi connectivity index (χ0n) is 8.56. The minimum Gasteiger partial charge on any atom is -0.354 e. The molecule has 0 bridgehead atoms. The third-order valence-corrected chi connectivity index (χ3v) is 3.16. The van der Waals surface area contributed by atoms with Crippen LogP contribution in [-0.2, 0) is 15.0 Å². The van der Waals surface area contributed by atoms with Crippen LogP contribution >= 0.6 is 0 Å². The van der Waals surface area contributed by atoms with Gasteiger partial charge < -0.3 is 5.32 Å². The van der Waals surface area contributed by atoms with Gasteiger partial charge in [-0.15, -0.1) is 0 Å². The first kappa shape index (κ1) is 9.27. The van der Waals surface area contributed by atoms with Gasteiger partial charge in [-0.25, -0.2) is 0 Å². The average molecular weight is 214 g/mol. The van der Waals surface area contributed by atoms with Crippen molar-refractivity contribution in [3.63, 3.8) is 0 Å². The number of aliphatic imine (C=N–C) groups is 1. The van der Waals surface area contributed by atoms with Gasteiger partial charge in [0.15, 0.2) is 11.2 Å². The van der Waals surface area contributed by atoms with Crippen molar-refractivity contribution in [2.24, 2.45) is 4.99 Å². The largest absolute Gasteiger partial charge is 0.354 e. The van der Waals surface area contributed by atoms with Crippen LogP contribution in [0.15, 0.2) is 29.3 Å². The Hall–Kier alpha value is -1.97. The lowest BCUT2D eigenvalue weighted by Gasteiger charge is -2.29. The molecule has 1 amide bonds. The van der Waals surface area contributed by atoms with Crippen LogP contribution in [0.2, 0.25) is 0 Å². The Balaban J connectivity index is 2.23. The molecule has 3 rings (SSSR count). The van der Waals surface area contributed by atoms with Crippen molar-refractivity contribution < 1.29 is 9.59 Å². The summed E-state index contributed by atoms with van der Waals surface area (Å²) in [7, 11) is 0. The number of nitrogens with zero attached hydrogens (tertiary/aromatic N) is 1. The smallest absolute Gasteiger partial charge is 0.243 e. The van der Waals surface area contributed by atoms with Crippen LogP contribution in [0.1, 0.15) is 12.0 Å². The molecular weight excluding hydrogens is 204 g/mol. The monoisotopic (exact) mass is 214 g/mol. The number of fused-ring (bicyclic) bond motifs is 2. The Bertz CT molecular complexity index is 504. The van der Waals surface area contributed by atoms with E-state index in [9.17, 15) is 9.59 Å². The molecule has 0 aromatic heterocycles. The quantitative estimate of drug-likeness (QED) is 0.647. The molecule has 1 aromatic rings. The molecule has 1 saturated heterocycles. The van der Waals surface area contributed by atoms with Gasteiger partial charge in [-0.2, -0.15) is 0 Å². The molecule has 4 nitrogen and oxygen atoms in total. The number of amides is 1. The molecule has 2 aliphatic rings. The van der Waals surface area contributed by atoms with E-state index < -0.39 is 5.41 Å². The summed E-state index contributed by atoms with van der Waals surface area (Å²) in [6, 6.07) is 7.28. The molecule has 1 aromatic carbocycles. The summed E-state index contributed by atoms with van der Waals surface area (Å²) in [6.07, 6.45) is 1.85. The van der Waals surface area contributed by atoms with Crippen LogP contribution in [0.4, 0.5) is 5.69 Å². The molecule has 4 heteroatoms. The number of benzene rings is 1. The van der Waals surface area contributed by atoms with Crippen LogP contribution < -0.4 is 5.32 Å². The number of hydrogen-bond donors (Lipinski definition) is 1. The number of carbonyl (C=O) groups excluding carboxylic acids is 2. The molecule has 2 heterocycles. The van der Waals surface area contributed by atoms with E-state index in [2.05, 4.69) is 10.3 Å². The van der Waals surface area contributed by atoms with Crippen LogP contribution in [0.5, 0.6) is 0 Å². The molecule has 0 radical (unpaired) electrons. The fourth-order valence-corrected chi connectivity index (χ4v) is 2.31. The zero-order chi connectivity index (χ0) is 11.2. The van der Waals surface area contributed by atoms with E-state index in [4.69, 9.17) is 0 Å². The van der Waals surface area contributed by atoms with Gasteiger partial charge >= 0.3 is 0 Å². The molecule has 16 heavy (non-hydrogen) atoms. The zero-order valence-corrected chi connectivity index (χ0v) is 8.56.